The van der Waals surface area contributed by atoms with Crippen molar-refractivity contribution >= 4 is 18.0 Å². The Morgan fingerprint density at radius 3 is 2.16 bits per heavy atom. The Morgan fingerprint density at radius 1 is 1.20 bits per heavy atom. The number of amides is 2. The maximum atomic E-state index is 11.9. The third-order valence-corrected chi connectivity index (χ3v) is 3.16. The van der Waals surface area contributed by atoms with Crippen molar-refractivity contribution in [2.45, 2.75) is 77.8 Å². The number of aliphatic carboxylic acids is 1. The van der Waals surface area contributed by atoms with Gasteiger partial charge in [0.15, 0.2) is 0 Å². The molecule has 0 saturated carbocycles. The van der Waals surface area contributed by atoms with Gasteiger partial charge in [0, 0.05) is 6.42 Å². The number of carbonyl (C=O) groups is 3. The van der Waals surface area contributed by atoms with Gasteiger partial charge in [0.1, 0.15) is 17.9 Å². The Bertz CT molecular complexity index is 461. The number of nitrogens with one attached hydrogen (secondary N) is 2. The monoisotopic (exact) mass is 361 g/mol. The maximum absolute atomic E-state index is 11.9. The summed E-state index contributed by atoms with van der Waals surface area (Å²) in [5.74, 6) is -1.72. The molecule has 0 fully saturated rings. The van der Waals surface area contributed by atoms with E-state index in [9.17, 15) is 24.6 Å². The highest BCUT2D eigenvalue weighted by molar-refractivity contribution is 5.77. The maximum Gasteiger partial charge on any atom is 0.408 e. The molecule has 0 aliphatic carbocycles. The van der Waals surface area contributed by atoms with Crippen molar-refractivity contribution < 1.29 is 29.3 Å². The Balaban J connectivity index is 4.95. The van der Waals surface area contributed by atoms with Crippen LogP contribution in [0.15, 0.2) is 0 Å². The highest BCUT2D eigenvalue weighted by Crippen LogP contribution is 2.12. The van der Waals surface area contributed by atoms with Crippen molar-refractivity contribution in [3.8, 4) is 0 Å². The third-order valence-electron chi connectivity index (χ3n) is 3.16. The molecule has 0 aromatic heterocycles. The lowest BCUT2D eigenvalue weighted by Crippen LogP contribution is -2.55. The van der Waals surface area contributed by atoms with Gasteiger partial charge in [-0.1, -0.05) is 13.8 Å². The van der Waals surface area contributed by atoms with E-state index in [0.29, 0.717) is 6.42 Å². The van der Waals surface area contributed by atoms with Gasteiger partial charge in [-0.25, -0.2) is 4.79 Å². The van der Waals surface area contributed by atoms with Gasteiger partial charge >= 0.3 is 12.1 Å². The van der Waals surface area contributed by atoms with Crippen LogP contribution in [0.5, 0.6) is 0 Å². The zero-order valence-corrected chi connectivity index (χ0v) is 15.5. The first-order chi connectivity index (χ1) is 11.3. The minimum Gasteiger partial charge on any atom is -0.480 e. The summed E-state index contributed by atoms with van der Waals surface area (Å²) in [7, 11) is 0. The number of hydrogen-bond acceptors (Lipinski definition) is 6. The van der Waals surface area contributed by atoms with Crippen LogP contribution >= 0.6 is 0 Å². The Labute approximate surface area is 148 Å². The van der Waals surface area contributed by atoms with Gasteiger partial charge in [-0.15, -0.1) is 0 Å². The van der Waals surface area contributed by atoms with Gasteiger partial charge < -0.3 is 26.0 Å². The van der Waals surface area contributed by atoms with E-state index in [-0.39, 0.29) is 18.8 Å². The number of aliphatic hydroxyl groups is 1. The number of rotatable bonds is 10. The van der Waals surface area contributed by atoms with E-state index in [2.05, 4.69) is 10.6 Å². The van der Waals surface area contributed by atoms with Gasteiger partial charge in [-0.3, -0.25) is 14.9 Å². The lowest BCUT2D eigenvalue weighted by molar-refractivity contribution is -0.141. The predicted octanol–water partition coefficient (Wildman–Crippen LogP) is 0.553. The van der Waals surface area contributed by atoms with E-state index in [1.807, 2.05) is 13.8 Å². The van der Waals surface area contributed by atoms with E-state index in [1.165, 1.54) is 0 Å². The van der Waals surface area contributed by atoms with Gasteiger partial charge in [0.25, 0.3) is 0 Å². The fraction of sp³-hybridized carbons (Fsp3) is 0.812. The summed E-state index contributed by atoms with van der Waals surface area (Å²) in [5, 5.41) is 24.6. The first kappa shape index (κ1) is 23.1. The second-order valence-corrected chi connectivity index (χ2v) is 7.39. The topological polar surface area (TPSA) is 151 Å². The molecule has 0 saturated heterocycles. The quantitative estimate of drug-likeness (QED) is 0.356. The zero-order chi connectivity index (χ0) is 19.8. The number of carboxylic acids is 1. The number of hydrogen-bond donors (Lipinski definition) is 5. The van der Waals surface area contributed by atoms with Crippen LogP contribution in [-0.4, -0.2) is 52.1 Å². The summed E-state index contributed by atoms with van der Waals surface area (Å²) in [5.41, 5.74) is 4.33. The number of ether oxygens (including phenoxy) is 1. The molecule has 0 aromatic carbocycles. The first-order valence-corrected chi connectivity index (χ1v) is 8.26. The van der Waals surface area contributed by atoms with E-state index in [0.717, 1.165) is 0 Å². The zero-order valence-electron chi connectivity index (χ0n) is 15.5. The highest BCUT2D eigenvalue weighted by Gasteiger charge is 2.29. The molecule has 1 unspecified atom stereocenters. The van der Waals surface area contributed by atoms with Gasteiger partial charge in [-0.05, 0) is 39.5 Å². The molecule has 0 aromatic rings. The van der Waals surface area contributed by atoms with Crippen LogP contribution in [0.25, 0.3) is 0 Å². The second-order valence-electron chi connectivity index (χ2n) is 7.39. The normalized spacial score (nSPS) is 15.3. The SMILES string of the molecule is CC(C)C[C@H](NC(=O)OC(C)(C)C)C(O)N[C@H](CCC(N)=O)C(=O)O. The van der Waals surface area contributed by atoms with Crippen LogP contribution in [0.3, 0.4) is 0 Å². The van der Waals surface area contributed by atoms with Crippen LogP contribution in [0, 0.1) is 5.92 Å². The summed E-state index contributed by atoms with van der Waals surface area (Å²) >= 11 is 0. The Kier molecular flexibility index (Phi) is 9.43. The average Bonchev–Trinajstić information content (AvgIpc) is 2.39. The molecule has 0 aliphatic rings. The van der Waals surface area contributed by atoms with Crippen LogP contribution < -0.4 is 16.4 Å². The third kappa shape index (κ3) is 11.3. The smallest absolute Gasteiger partial charge is 0.408 e. The van der Waals surface area contributed by atoms with Crippen molar-refractivity contribution in [1.82, 2.24) is 10.6 Å². The van der Waals surface area contributed by atoms with Crippen molar-refractivity contribution in [2.24, 2.45) is 11.7 Å². The van der Waals surface area contributed by atoms with E-state index in [1.54, 1.807) is 20.8 Å². The van der Waals surface area contributed by atoms with Crippen molar-refractivity contribution in [2.75, 3.05) is 0 Å². The summed E-state index contributed by atoms with van der Waals surface area (Å²) in [4.78, 5) is 34.0. The Hall–Kier alpha value is -1.87. The fourth-order valence-electron chi connectivity index (χ4n) is 2.12. The number of carboxylic acid groups (broad SMARTS) is 1. The molecular formula is C16H31N3O6. The molecule has 0 spiro atoms. The minimum absolute atomic E-state index is 0.0669. The van der Waals surface area contributed by atoms with Crippen LogP contribution in [-0.2, 0) is 14.3 Å². The molecule has 3 atom stereocenters. The van der Waals surface area contributed by atoms with Crippen LogP contribution in [0.1, 0.15) is 53.9 Å². The number of aliphatic hydroxyl groups excluding tert-OH is 1. The van der Waals surface area contributed by atoms with Crippen molar-refractivity contribution in [3.63, 3.8) is 0 Å². The van der Waals surface area contributed by atoms with Crippen LogP contribution in [0.4, 0.5) is 4.79 Å². The molecule has 0 heterocycles. The van der Waals surface area contributed by atoms with E-state index in [4.69, 9.17) is 10.5 Å². The molecular weight excluding hydrogens is 330 g/mol. The molecule has 146 valence electrons. The molecule has 9 nitrogen and oxygen atoms in total. The largest absolute Gasteiger partial charge is 0.480 e. The molecule has 0 radical (unpaired) electrons. The first-order valence-electron chi connectivity index (χ1n) is 8.26. The average molecular weight is 361 g/mol. The molecule has 6 N–H and O–H groups in total. The second kappa shape index (κ2) is 10.2. The summed E-state index contributed by atoms with van der Waals surface area (Å²) in [6, 6.07) is -1.93. The van der Waals surface area contributed by atoms with Gasteiger partial charge in [-0.2, -0.15) is 0 Å². The molecule has 25 heavy (non-hydrogen) atoms. The molecule has 0 bridgehead atoms. The lowest BCUT2D eigenvalue weighted by Gasteiger charge is -2.29. The standard InChI is InChI=1S/C16H31N3O6/c1-9(2)8-11(19-15(24)25-16(3,4)5)13(21)18-10(14(22)23)6-7-12(17)20/h9-11,13,18,21H,6-8H2,1-5H3,(H2,17,20)(H,19,24)(H,22,23)/t10-,11+,13?/m1/s1. The minimum atomic E-state index is -1.33. The highest BCUT2D eigenvalue weighted by atomic mass is 16.6. The van der Waals surface area contributed by atoms with E-state index < -0.39 is 41.9 Å². The number of alkyl carbamates (subject to hydrolysis) is 1. The summed E-state index contributed by atoms with van der Waals surface area (Å²) in [6.07, 6.45) is -1.84. The number of nitrogens with two attached hydrogens (primary N) is 1. The summed E-state index contributed by atoms with van der Waals surface area (Å²) in [6.45, 7) is 8.94. The Morgan fingerprint density at radius 2 is 1.76 bits per heavy atom. The summed E-state index contributed by atoms with van der Waals surface area (Å²) < 4.78 is 5.16. The van der Waals surface area contributed by atoms with E-state index >= 15 is 0 Å². The van der Waals surface area contributed by atoms with Gasteiger partial charge in [0.05, 0.1) is 6.04 Å². The van der Waals surface area contributed by atoms with Gasteiger partial charge in [0.2, 0.25) is 5.91 Å². The molecule has 2 amide bonds. The number of carbonyl (C=O) groups excluding carboxylic acids is 2. The number of primary amides is 1. The van der Waals surface area contributed by atoms with Crippen molar-refractivity contribution in [3.05, 3.63) is 0 Å². The molecule has 9 heteroatoms. The molecule has 0 aliphatic heterocycles. The van der Waals surface area contributed by atoms with Crippen molar-refractivity contribution in [1.29, 1.82) is 0 Å². The molecule has 0 rings (SSSR count). The van der Waals surface area contributed by atoms with Crippen LogP contribution in [0.2, 0.25) is 0 Å². The predicted molar refractivity (Wildman–Crippen MR) is 91.6 cm³/mol. The lowest BCUT2D eigenvalue weighted by atomic mass is 10.0. The fourth-order valence-corrected chi connectivity index (χ4v) is 2.12.